The van der Waals surface area contributed by atoms with E-state index in [0.717, 1.165) is 9.26 Å². The molecule has 0 aliphatic rings. The molecule has 4 nitrogen and oxygen atoms in total. The van der Waals surface area contributed by atoms with Crippen LogP contribution in [0.25, 0.3) is 0 Å². The third-order valence-electron chi connectivity index (χ3n) is 1.39. The van der Waals surface area contributed by atoms with Crippen LogP contribution in [0, 0.1) is 10.5 Å². The monoisotopic (exact) mass is 281 g/mol. The Balaban J connectivity index is 2.76. The molecule has 0 N–H and O–H groups in total. The molecule has 0 saturated heterocycles. The summed E-state index contributed by atoms with van der Waals surface area (Å²) in [5.74, 6) is 0.254. The van der Waals surface area contributed by atoms with Gasteiger partial charge in [-0.25, -0.2) is 0 Å². The van der Waals surface area contributed by atoms with Gasteiger partial charge in [0.1, 0.15) is 6.42 Å². The maximum atomic E-state index is 10.8. The Morgan fingerprint density at radius 3 is 2.83 bits per heavy atom. The molecule has 0 spiro atoms. The van der Waals surface area contributed by atoms with Crippen molar-refractivity contribution in [3.63, 3.8) is 0 Å². The number of aryl methyl sites for hydroxylation is 1. The SMILES string of the molecule is COC(=O)Cc1onc(C)c1I. The second-order valence-electron chi connectivity index (χ2n) is 2.26. The Kier molecular flexibility index (Phi) is 3.07. The maximum Gasteiger partial charge on any atom is 0.313 e. The predicted molar refractivity (Wildman–Crippen MR) is 49.7 cm³/mol. The van der Waals surface area contributed by atoms with E-state index in [1.807, 2.05) is 6.92 Å². The van der Waals surface area contributed by atoms with E-state index in [9.17, 15) is 4.79 Å². The number of methoxy groups -OCH3 is 1. The molecule has 1 aromatic rings. The second-order valence-corrected chi connectivity index (χ2v) is 3.34. The van der Waals surface area contributed by atoms with E-state index in [1.165, 1.54) is 7.11 Å². The maximum absolute atomic E-state index is 10.8. The largest absolute Gasteiger partial charge is 0.469 e. The van der Waals surface area contributed by atoms with Crippen LogP contribution in [0.3, 0.4) is 0 Å². The molecule has 0 bridgehead atoms. The summed E-state index contributed by atoms with van der Waals surface area (Å²) in [5, 5.41) is 3.71. The minimum absolute atomic E-state index is 0.148. The Morgan fingerprint density at radius 1 is 1.75 bits per heavy atom. The van der Waals surface area contributed by atoms with Crippen molar-refractivity contribution in [1.29, 1.82) is 0 Å². The highest BCUT2D eigenvalue weighted by Gasteiger charge is 2.13. The average Bonchev–Trinajstić information content (AvgIpc) is 2.36. The summed E-state index contributed by atoms with van der Waals surface area (Å²) >= 11 is 2.09. The number of hydrogen-bond donors (Lipinski definition) is 0. The second kappa shape index (κ2) is 3.88. The van der Waals surface area contributed by atoms with E-state index >= 15 is 0 Å². The molecule has 0 radical (unpaired) electrons. The highest BCUT2D eigenvalue weighted by molar-refractivity contribution is 14.1. The molecule has 0 aliphatic carbocycles. The van der Waals surface area contributed by atoms with Gasteiger partial charge in [0, 0.05) is 0 Å². The smallest absolute Gasteiger partial charge is 0.313 e. The average molecular weight is 281 g/mol. The molecule has 0 unspecified atom stereocenters. The molecule has 0 atom stereocenters. The van der Waals surface area contributed by atoms with Crippen molar-refractivity contribution in [2.24, 2.45) is 0 Å². The van der Waals surface area contributed by atoms with E-state index < -0.39 is 0 Å². The number of rotatable bonds is 2. The predicted octanol–water partition coefficient (Wildman–Crippen LogP) is 1.30. The first-order valence-corrected chi connectivity index (χ1v) is 4.40. The quantitative estimate of drug-likeness (QED) is 0.605. The lowest BCUT2D eigenvalue weighted by molar-refractivity contribution is -0.140. The van der Waals surface area contributed by atoms with Crippen LogP contribution in [0.15, 0.2) is 4.52 Å². The Morgan fingerprint density at radius 2 is 2.42 bits per heavy atom. The zero-order chi connectivity index (χ0) is 9.14. The molecular formula is C7H8INO3. The molecule has 12 heavy (non-hydrogen) atoms. The van der Waals surface area contributed by atoms with Gasteiger partial charge in [-0.15, -0.1) is 0 Å². The van der Waals surface area contributed by atoms with Crippen LogP contribution in [0.4, 0.5) is 0 Å². The van der Waals surface area contributed by atoms with Crippen molar-refractivity contribution < 1.29 is 14.1 Å². The molecule has 0 saturated carbocycles. The summed E-state index contributed by atoms with van der Waals surface area (Å²) in [4.78, 5) is 10.8. The van der Waals surface area contributed by atoms with Gasteiger partial charge in [0.05, 0.1) is 16.4 Å². The third kappa shape index (κ3) is 1.96. The Hall–Kier alpha value is -0.590. The highest BCUT2D eigenvalue weighted by Crippen LogP contribution is 2.16. The van der Waals surface area contributed by atoms with E-state index in [4.69, 9.17) is 4.52 Å². The third-order valence-corrected chi connectivity index (χ3v) is 2.77. The van der Waals surface area contributed by atoms with Gasteiger partial charge in [-0.1, -0.05) is 5.16 Å². The van der Waals surface area contributed by atoms with Crippen molar-refractivity contribution in [1.82, 2.24) is 5.16 Å². The van der Waals surface area contributed by atoms with Crippen LogP contribution < -0.4 is 0 Å². The molecule has 0 fully saturated rings. The number of hydrogen-bond acceptors (Lipinski definition) is 4. The first-order valence-electron chi connectivity index (χ1n) is 3.32. The van der Waals surface area contributed by atoms with Crippen molar-refractivity contribution in [2.75, 3.05) is 7.11 Å². The van der Waals surface area contributed by atoms with Gasteiger partial charge < -0.3 is 9.26 Å². The first-order chi connectivity index (χ1) is 5.65. The normalized spacial score (nSPS) is 9.92. The van der Waals surface area contributed by atoms with Crippen molar-refractivity contribution in [3.05, 3.63) is 15.0 Å². The molecule has 66 valence electrons. The van der Waals surface area contributed by atoms with Gasteiger partial charge in [-0.3, -0.25) is 4.79 Å². The number of nitrogens with zero attached hydrogens (tertiary/aromatic N) is 1. The van der Waals surface area contributed by atoms with E-state index in [1.54, 1.807) is 0 Å². The lowest BCUT2D eigenvalue weighted by atomic mass is 10.3. The van der Waals surface area contributed by atoms with Gasteiger partial charge >= 0.3 is 5.97 Å². The molecular weight excluding hydrogens is 273 g/mol. The summed E-state index contributed by atoms with van der Waals surface area (Å²) in [5.41, 5.74) is 0.800. The Labute approximate surface area is 83.4 Å². The minimum Gasteiger partial charge on any atom is -0.469 e. The van der Waals surface area contributed by atoms with Gasteiger partial charge in [-0.2, -0.15) is 0 Å². The number of carbonyl (C=O) groups excluding carboxylic acids is 1. The lowest BCUT2D eigenvalue weighted by Crippen LogP contribution is -2.04. The summed E-state index contributed by atoms with van der Waals surface area (Å²) in [7, 11) is 1.35. The number of aromatic nitrogens is 1. The van der Waals surface area contributed by atoms with Crippen LogP contribution >= 0.6 is 22.6 Å². The first kappa shape index (κ1) is 9.50. The number of ether oxygens (including phenoxy) is 1. The fraction of sp³-hybridized carbons (Fsp3) is 0.429. The fourth-order valence-electron chi connectivity index (χ4n) is 0.719. The van der Waals surface area contributed by atoms with Gasteiger partial charge in [0.2, 0.25) is 0 Å². The lowest BCUT2D eigenvalue weighted by Gasteiger charge is -1.94. The molecule has 1 aromatic heterocycles. The van der Waals surface area contributed by atoms with E-state index in [2.05, 4.69) is 32.5 Å². The van der Waals surface area contributed by atoms with E-state index in [-0.39, 0.29) is 12.4 Å². The molecule has 0 amide bonds. The van der Waals surface area contributed by atoms with Crippen LogP contribution in [-0.2, 0) is 16.0 Å². The standard InChI is InChI=1S/C7H8INO3/c1-4-7(8)5(12-9-4)3-6(10)11-2/h3H2,1-2H3. The summed E-state index contributed by atoms with van der Waals surface area (Å²) in [6.45, 7) is 1.83. The van der Waals surface area contributed by atoms with Crippen LogP contribution in [0.2, 0.25) is 0 Å². The summed E-state index contributed by atoms with van der Waals surface area (Å²) in [6.07, 6.45) is 0.148. The van der Waals surface area contributed by atoms with Crippen molar-refractivity contribution in [3.8, 4) is 0 Å². The van der Waals surface area contributed by atoms with Crippen molar-refractivity contribution in [2.45, 2.75) is 13.3 Å². The zero-order valence-electron chi connectivity index (χ0n) is 6.76. The molecule has 5 heteroatoms. The molecule has 1 heterocycles. The van der Waals surface area contributed by atoms with Crippen LogP contribution in [0.5, 0.6) is 0 Å². The number of carbonyl (C=O) groups is 1. The zero-order valence-corrected chi connectivity index (χ0v) is 8.91. The van der Waals surface area contributed by atoms with Crippen molar-refractivity contribution >= 4 is 28.6 Å². The molecule has 0 aromatic carbocycles. The van der Waals surface area contributed by atoms with Gasteiger partial charge in [0.15, 0.2) is 5.76 Å². The van der Waals surface area contributed by atoms with Crippen LogP contribution in [0.1, 0.15) is 11.5 Å². The summed E-state index contributed by atoms with van der Waals surface area (Å²) in [6, 6.07) is 0. The highest BCUT2D eigenvalue weighted by atomic mass is 127. The topological polar surface area (TPSA) is 52.3 Å². The minimum atomic E-state index is -0.316. The van der Waals surface area contributed by atoms with E-state index in [0.29, 0.717) is 5.76 Å². The Bertz CT molecular complexity index is 295. The number of halogens is 1. The van der Waals surface area contributed by atoms with Gasteiger partial charge in [-0.05, 0) is 29.5 Å². The van der Waals surface area contributed by atoms with Gasteiger partial charge in [0.25, 0.3) is 0 Å². The summed E-state index contributed by atoms with van der Waals surface area (Å²) < 4.78 is 10.3. The molecule has 1 rings (SSSR count). The van der Waals surface area contributed by atoms with Crippen LogP contribution in [-0.4, -0.2) is 18.2 Å². The number of esters is 1. The molecule has 0 aliphatic heterocycles. The fourth-order valence-corrected chi connectivity index (χ4v) is 1.11.